The molecular weight excluding hydrogens is 450 g/mol. The Balaban J connectivity index is 1.25. The topological polar surface area (TPSA) is 150 Å². The lowest BCUT2D eigenvalue weighted by molar-refractivity contribution is -0.140. The van der Waals surface area contributed by atoms with Crippen LogP contribution < -0.4 is 11.1 Å². The van der Waals surface area contributed by atoms with Crippen LogP contribution >= 0.6 is 0 Å². The van der Waals surface area contributed by atoms with E-state index < -0.39 is 23.7 Å². The fourth-order valence-corrected chi connectivity index (χ4v) is 4.28. The Morgan fingerprint density at radius 3 is 2.49 bits per heavy atom. The van der Waals surface area contributed by atoms with Crippen LogP contribution in [0.2, 0.25) is 0 Å². The predicted molar refractivity (Wildman–Crippen MR) is 129 cm³/mol. The van der Waals surface area contributed by atoms with Crippen LogP contribution in [-0.2, 0) is 21.0 Å². The van der Waals surface area contributed by atoms with Crippen molar-refractivity contribution < 1.29 is 24.3 Å². The molecular formula is C25H29N5O5. The maximum absolute atomic E-state index is 12.1. The van der Waals surface area contributed by atoms with Crippen molar-refractivity contribution >= 4 is 23.6 Å². The van der Waals surface area contributed by atoms with E-state index in [0.717, 1.165) is 16.8 Å². The van der Waals surface area contributed by atoms with Crippen molar-refractivity contribution in [2.24, 2.45) is 10.9 Å². The van der Waals surface area contributed by atoms with Crippen molar-refractivity contribution in [2.75, 3.05) is 19.6 Å². The lowest BCUT2D eigenvalue weighted by atomic mass is 9.85. The largest absolute Gasteiger partial charge is 0.480 e. The van der Waals surface area contributed by atoms with Gasteiger partial charge in [0.05, 0.1) is 5.71 Å². The zero-order chi connectivity index (χ0) is 24.8. The minimum atomic E-state index is -1.11. The number of nitrogens with one attached hydrogen (secondary N) is 2. The van der Waals surface area contributed by atoms with E-state index >= 15 is 0 Å². The minimum Gasteiger partial charge on any atom is -0.480 e. The SMILES string of the molecule is N=C(N)c1ccc(C2=NOC3(CCN(CC(NC(=O)OCc4ccccc4)C(=O)O)CC3)C2)cc1. The predicted octanol–water partition coefficient (Wildman–Crippen LogP) is 2.31. The number of nitrogens with two attached hydrogens (primary N) is 1. The van der Waals surface area contributed by atoms with Crippen LogP contribution in [0, 0.1) is 5.41 Å². The number of hydrogen-bond donors (Lipinski definition) is 4. The molecule has 1 spiro atoms. The number of nitrogen functional groups attached to an aromatic ring is 1. The fraction of sp³-hybridized carbons (Fsp3) is 0.360. The summed E-state index contributed by atoms with van der Waals surface area (Å²) in [5, 5.41) is 23.9. The molecule has 4 rings (SSSR count). The quantitative estimate of drug-likeness (QED) is 0.335. The van der Waals surface area contributed by atoms with Gasteiger partial charge >= 0.3 is 12.1 Å². The van der Waals surface area contributed by atoms with E-state index in [0.29, 0.717) is 37.9 Å². The van der Waals surface area contributed by atoms with Gasteiger partial charge in [-0.25, -0.2) is 9.59 Å². The lowest BCUT2D eigenvalue weighted by Crippen LogP contribution is -2.52. The van der Waals surface area contributed by atoms with Crippen LogP contribution in [0.1, 0.15) is 36.0 Å². The smallest absolute Gasteiger partial charge is 0.408 e. The van der Waals surface area contributed by atoms with Gasteiger partial charge < -0.3 is 30.6 Å². The van der Waals surface area contributed by atoms with Crippen LogP contribution in [0.25, 0.3) is 0 Å². The molecule has 35 heavy (non-hydrogen) atoms. The van der Waals surface area contributed by atoms with Crippen LogP contribution in [0.4, 0.5) is 4.79 Å². The van der Waals surface area contributed by atoms with E-state index in [1.165, 1.54) is 0 Å². The number of carboxylic acids is 1. The maximum Gasteiger partial charge on any atom is 0.408 e. The summed E-state index contributed by atoms with van der Waals surface area (Å²) in [5.74, 6) is -1.10. The maximum atomic E-state index is 12.1. The molecule has 10 heteroatoms. The number of ether oxygens (including phenoxy) is 1. The molecule has 2 aromatic carbocycles. The Morgan fingerprint density at radius 2 is 1.86 bits per heavy atom. The Labute approximate surface area is 203 Å². The summed E-state index contributed by atoms with van der Waals surface area (Å²) in [6, 6.07) is 15.5. The van der Waals surface area contributed by atoms with Crippen molar-refractivity contribution in [3.63, 3.8) is 0 Å². The van der Waals surface area contributed by atoms with Gasteiger partial charge in [-0.1, -0.05) is 59.8 Å². The van der Waals surface area contributed by atoms with E-state index in [2.05, 4.69) is 10.5 Å². The number of amidine groups is 1. The highest BCUT2D eigenvalue weighted by Gasteiger charge is 2.42. The highest BCUT2D eigenvalue weighted by molar-refractivity contribution is 6.03. The number of amides is 1. The molecule has 2 aliphatic rings. The summed E-state index contributed by atoms with van der Waals surface area (Å²) in [5.41, 5.74) is 8.36. The van der Waals surface area contributed by atoms with Gasteiger partial charge in [0.25, 0.3) is 0 Å². The number of rotatable bonds is 8. The van der Waals surface area contributed by atoms with Crippen molar-refractivity contribution in [1.82, 2.24) is 10.2 Å². The molecule has 2 aliphatic heterocycles. The zero-order valence-electron chi connectivity index (χ0n) is 19.3. The molecule has 0 aromatic heterocycles. The molecule has 10 nitrogen and oxygen atoms in total. The van der Waals surface area contributed by atoms with E-state index in [4.69, 9.17) is 20.7 Å². The fourth-order valence-electron chi connectivity index (χ4n) is 4.28. The first-order valence-electron chi connectivity index (χ1n) is 11.5. The van der Waals surface area contributed by atoms with E-state index in [1.54, 1.807) is 12.1 Å². The van der Waals surface area contributed by atoms with Gasteiger partial charge in [-0.05, 0) is 11.1 Å². The third-order valence-corrected chi connectivity index (χ3v) is 6.38. The number of piperidine rings is 1. The number of carbonyl (C=O) groups is 2. The first kappa shape index (κ1) is 24.2. The number of carbonyl (C=O) groups excluding carboxylic acids is 1. The summed E-state index contributed by atoms with van der Waals surface area (Å²) in [6.45, 7) is 1.49. The van der Waals surface area contributed by atoms with Crippen LogP contribution in [0.15, 0.2) is 59.8 Å². The number of alkyl carbamates (subject to hydrolysis) is 1. The monoisotopic (exact) mass is 479 g/mol. The first-order chi connectivity index (χ1) is 16.8. The van der Waals surface area contributed by atoms with E-state index in [9.17, 15) is 14.7 Å². The number of nitrogens with zero attached hydrogens (tertiary/aromatic N) is 2. The van der Waals surface area contributed by atoms with Crippen molar-refractivity contribution in [2.45, 2.75) is 37.5 Å². The number of carboxylic acid groups (broad SMARTS) is 1. The molecule has 1 amide bonds. The van der Waals surface area contributed by atoms with Gasteiger partial charge in [-0.15, -0.1) is 0 Å². The molecule has 5 N–H and O–H groups in total. The molecule has 1 saturated heterocycles. The second kappa shape index (κ2) is 10.6. The number of hydrogen-bond acceptors (Lipinski definition) is 7. The Hall–Kier alpha value is -3.92. The third kappa shape index (κ3) is 6.15. The first-order valence-corrected chi connectivity index (χ1v) is 11.5. The summed E-state index contributed by atoms with van der Waals surface area (Å²) in [4.78, 5) is 31.7. The van der Waals surface area contributed by atoms with Gasteiger partial charge in [0.1, 0.15) is 24.1 Å². The molecule has 0 bridgehead atoms. The Bertz CT molecular complexity index is 1090. The number of likely N-dealkylation sites (tertiary alicyclic amines) is 1. The van der Waals surface area contributed by atoms with Gasteiger partial charge in [0.15, 0.2) is 0 Å². The minimum absolute atomic E-state index is 0.0172. The molecule has 0 saturated carbocycles. The summed E-state index contributed by atoms with van der Waals surface area (Å²) < 4.78 is 5.16. The number of oxime groups is 1. The Kier molecular flexibility index (Phi) is 7.31. The molecule has 2 aromatic rings. The summed E-state index contributed by atoms with van der Waals surface area (Å²) in [7, 11) is 0. The molecule has 2 heterocycles. The standard InChI is InChI=1S/C25H29N5O5/c26-22(27)19-8-6-18(7-9-19)20-14-25(35-29-20)10-12-30(13-11-25)15-21(23(31)32)28-24(33)34-16-17-4-2-1-3-5-17/h1-9,21H,10-16H2,(H3,26,27)(H,28,33)(H,31,32). The van der Waals surface area contributed by atoms with Crippen molar-refractivity contribution in [3.05, 3.63) is 71.3 Å². The normalized spacial score (nSPS) is 17.8. The third-order valence-electron chi connectivity index (χ3n) is 6.38. The number of aliphatic carboxylic acids is 1. The Morgan fingerprint density at radius 1 is 1.17 bits per heavy atom. The van der Waals surface area contributed by atoms with E-state index in [-0.39, 0.29) is 19.0 Å². The highest BCUT2D eigenvalue weighted by atomic mass is 16.7. The highest BCUT2D eigenvalue weighted by Crippen LogP contribution is 2.36. The molecule has 184 valence electrons. The van der Waals surface area contributed by atoms with E-state index in [1.807, 2.05) is 47.4 Å². The zero-order valence-corrected chi connectivity index (χ0v) is 19.3. The van der Waals surface area contributed by atoms with Crippen molar-refractivity contribution in [1.29, 1.82) is 5.41 Å². The average Bonchev–Trinajstić information content (AvgIpc) is 3.28. The average molecular weight is 480 g/mol. The van der Waals surface area contributed by atoms with Crippen LogP contribution in [0.3, 0.4) is 0 Å². The second-order valence-corrected chi connectivity index (χ2v) is 8.88. The molecule has 0 aliphatic carbocycles. The summed E-state index contributed by atoms with van der Waals surface area (Å²) in [6.07, 6.45) is 1.28. The van der Waals surface area contributed by atoms with Gasteiger partial charge in [-0.3, -0.25) is 5.41 Å². The molecule has 1 fully saturated rings. The summed E-state index contributed by atoms with van der Waals surface area (Å²) >= 11 is 0. The van der Waals surface area contributed by atoms with Gasteiger partial charge in [-0.2, -0.15) is 0 Å². The number of benzene rings is 2. The van der Waals surface area contributed by atoms with Crippen LogP contribution in [-0.4, -0.2) is 64.9 Å². The molecule has 1 atom stereocenters. The van der Waals surface area contributed by atoms with Gasteiger partial charge in [0.2, 0.25) is 0 Å². The molecule has 1 unspecified atom stereocenters. The van der Waals surface area contributed by atoms with Crippen LogP contribution in [0.5, 0.6) is 0 Å². The van der Waals surface area contributed by atoms with Gasteiger partial charge in [0, 0.05) is 44.5 Å². The lowest BCUT2D eigenvalue weighted by Gasteiger charge is -2.38. The van der Waals surface area contributed by atoms with Crippen molar-refractivity contribution in [3.8, 4) is 0 Å². The second-order valence-electron chi connectivity index (χ2n) is 8.88. The molecule has 0 radical (unpaired) electrons.